The van der Waals surface area contributed by atoms with Crippen molar-refractivity contribution in [1.29, 1.82) is 0 Å². The second-order valence-corrected chi connectivity index (χ2v) is 10.1. The summed E-state index contributed by atoms with van der Waals surface area (Å²) in [7, 11) is -1.60. The summed E-state index contributed by atoms with van der Waals surface area (Å²) < 4.78 is 45.7. The van der Waals surface area contributed by atoms with Gasteiger partial charge in [-0.2, -0.15) is 0 Å². The van der Waals surface area contributed by atoms with Crippen LogP contribution >= 0.6 is 0 Å². The molecule has 0 unspecified atom stereocenters. The third-order valence-corrected chi connectivity index (χ3v) is 7.81. The summed E-state index contributed by atoms with van der Waals surface area (Å²) in [6, 6.07) is 11.2. The number of nitrogens with zero attached hydrogens (tertiary/aromatic N) is 2. The molecule has 9 heteroatoms. The van der Waals surface area contributed by atoms with Gasteiger partial charge in [0.1, 0.15) is 13.2 Å². The smallest absolute Gasteiger partial charge is 0.240 e. The molecular formula is C23H29N3O5S. The van der Waals surface area contributed by atoms with Crippen molar-refractivity contribution in [2.24, 2.45) is 0 Å². The van der Waals surface area contributed by atoms with E-state index >= 15 is 0 Å². The zero-order valence-corrected chi connectivity index (χ0v) is 19.1. The Hall–Kier alpha value is -2.33. The summed E-state index contributed by atoms with van der Waals surface area (Å²) in [4.78, 5) is 4.74. The highest BCUT2D eigenvalue weighted by atomic mass is 32.2. The molecule has 1 fully saturated rings. The van der Waals surface area contributed by atoms with Crippen molar-refractivity contribution in [2.45, 2.75) is 17.4 Å². The predicted molar refractivity (Wildman–Crippen MR) is 121 cm³/mol. The fourth-order valence-corrected chi connectivity index (χ4v) is 5.66. The summed E-state index contributed by atoms with van der Waals surface area (Å²) in [5, 5.41) is 0. The monoisotopic (exact) mass is 459 g/mol. The van der Waals surface area contributed by atoms with Gasteiger partial charge < -0.3 is 19.1 Å². The highest BCUT2D eigenvalue weighted by Crippen LogP contribution is 2.33. The van der Waals surface area contributed by atoms with E-state index in [0.29, 0.717) is 37.9 Å². The molecule has 3 aliphatic heterocycles. The number of benzene rings is 2. The molecule has 2 aromatic rings. The minimum Gasteiger partial charge on any atom is -0.486 e. The fourth-order valence-electron chi connectivity index (χ4n) is 4.60. The van der Waals surface area contributed by atoms with Gasteiger partial charge in [0.25, 0.3) is 0 Å². The number of sulfonamides is 1. The highest BCUT2D eigenvalue weighted by Gasteiger charge is 2.27. The highest BCUT2D eigenvalue weighted by molar-refractivity contribution is 7.89. The molecule has 5 rings (SSSR count). The largest absolute Gasteiger partial charge is 0.486 e. The first kappa shape index (κ1) is 21.5. The summed E-state index contributed by atoms with van der Waals surface area (Å²) in [5.41, 5.74) is 3.70. The summed E-state index contributed by atoms with van der Waals surface area (Å²) in [5.74, 6) is 1.04. The van der Waals surface area contributed by atoms with Gasteiger partial charge in [-0.05, 0) is 35.7 Å². The van der Waals surface area contributed by atoms with Crippen LogP contribution in [0.2, 0.25) is 0 Å². The van der Waals surface area contributed by atoms with E-state index in [1.165, 1.54) is 17.3 Å². The average molecular weight is 460 g/mol. The Labute approximate surface area is 189 Å². The van der Waals surface area contributed by atoms with Gasteiger partial charge in [0.2, 0.25) is 10.0 Å². The first-order valence-corrected chi connectivity index (χ1v) is 12.5. The Morgan fingerprint density at radius 3 is 2.56 bits per heavy atom. The van der Waals surface area contributed by atoms with Gasteiger partial charge in [-0.15, -0.1) is 0 Å². The Morgan fingerprint density at radius 2 is 1.75 bits per heavy atom. The van der Waals surface area contributed by atoms with E-state index in [0.717, 1.165) is 31.6 Å². The number of anilines is 1. The SMILES string of the molecule is CN1CCc2cc([C@@H](CNS(=O)(=O)c3ccc4c(c3)OCCO4)N3CCOCC3)ccc21. The topological polar surface area (TPSA) is 80.3 Å². The second kappa shape index (κ2) is 8.90. The molecule has 0 spiro atoms. The summed E-state index contributed by atoms with van der Waals surface area (Å²) >= 11 is 0. The number of ether oxygens (including phenoxy) is 3. The number of nitrogens with one attached hydrogen (secondary N) is 1. The van der Waals surface area contributed by atoms with Crippen molar-refractivity contribution < 1.29 is 22.6 Å². The van der Waals surface area contributed by atoms with E-state index in [1.807, 2.05) is 0 Å². The van der Waals surface area contributed by atoms with Crippen LogP contribution in [0.4, 0.5) is 5.69 Å². The van der Waals surface area contributed by atoms with Crippen molar-refractivity contribution in [3.63, 3.8) is 0 Å². The molecule has 1 saturated heterocycles. The molecule has 3 heterocycles. The first-order chi connectivity index (χ1) is 15.5. The summed E-state index contributed by atoms with van der Waals surface area (Å²) in [6.07, 6.45) is 1.01. The lowest BCUT2D eigenvalue weighted by Gasteiger charge is -2.35. The number of hydrogen-bond donors (Lipinski definition) is 1. The normalized spacial score (nSPS) is 19.6. The molecular weight excluding hydrogens is 430 g/mol. The Morgan fingerprint density at radius 1 is 0.969 bits per heavy atom. The van der Waals surface area contributed by atoms with E-state index in [-0.39, 0.29) is 17.5 Å². The molecule has 0 saturated carbocycles. The van der Waals surface area contributed by atoms with Crippen LogP contribution in [0.3, 0.4) is 0 Å². The van der Waals surface area contributed by atoms with Crippen LogP contribution in [0.5, 0.6) is 11.5 Å². The van der Waals surface area contributed by atoms with Gasteiger partial charge in [0.15, 0.2) is 11.5 Å². The Bertz CT molecular complexity index is 1090. The van der Waals surface area contributed by atoms with Crippen molar-refractivity contribution in [3.05, 3.63) is 47.5 Å². The molecule has 3 aliphatic rings. The Kier molecular flexibility index (Phi) is 5.98. The summed E-state index contributed by atoms with van der Waals surface area (Å²) in [6.45, 7) is 5.02. The standard InChI is InChI=1S/C23H29N3O5S/c1-25-7-6-18-14-17(2-4-20(18)25)21(26-8-10-29-11-9-26)16-24-32(27,28)19-3-5-22-23(15-19)31-13-12-30-22/h2-5,14-15,21,24H,6-13,16H2,1H3/t21-/m1/s1. The minimum atomic E-state index is -3.71. The molecule has 32 heavy (non-hydrogen) atoms. The van der Waals surface area contributed by atoms with Gasteiger partial charge in [-0.1, -0.05) is 12.1 Å². The number of likely N-dealkylation sites (N-methyl/N-ethyl adjacent to an activating group) is 1. The maximum atomic E-state index is 13.1. The van der Waals surface area contributed by atoms with Gasteiger partial charge in [-0.25, -0.2) is 13.1 Å². The van der Waals surface area contributed by atoms with Gasteiger partial charge in [-0.3, -0.25) is 4.90 Å². The lowest BCUT2D eigenvalue weighted by atomic mass is 10.0. The number of hydrogen-bond acceptors (Lipinski definition) is 7. The lowest BCUT2D eigenvalue weighted by molar-refractivity contribution is 0.0172. The predicted octanol–water partition coefficient (Wildman–Crippen LogP) is 1.80. The van der Waals surface area contributed by atoms with Crippen molar-refractivity contribution in [2.75, 3.05) is 64.6 Å². The van der Waals surface area contributed by atoms with E-state index in [2.05, 4.69) is 39.8 Å². The Balaban J connectivity index is 1.38. The maximum Gasteiger partial charge on any atom is 0.240 e. The van der Waals surface area contributed by atoms with Crippen molar-refractivity contribution in [1.82, 2.24) is 9.62 Å². The van der Waals surface area contributed by atoms with E-state index < -0.39 is 10.0 Å². The van der Waals surface area contributed by atoms with Crippen molar-refractivity contribution in [3.8, 4) is 11.5 Å². The molecule has 0 aromatic heterocycles. The van der Waals surface area contributed by atoms with Crippen LogP contribution in [0.15, 0.2) is 41.3 Å². The number of morpholine rings is 1. The quantitative estimate of drug-likeness (QED) is 0.706. The molecule has 1 N–H and O–H groups in total. The fraction of sp³-hybridized carbons (Fsp3) is 0.478. The van der Waals surface area contributed by atoms with Crippen LogP contribution < -0.4 is 19.1 Å². The average Bonchev–Trinajstić information content (AvgIpc) is 3.19. The van der Waals surface area contributed by atoms with Gasteiger partial charge >= 0.3 is 0 Å². The van der Waals surface area contributed by atoms with Crippen LogP contribution in [-0.2, 0) is 21.2 Å². The van der Waals surface area contributed by atoms with Crippen LogP contribution in [0.1, 0.15) is 17.2 Å². The second-order valence-electron chi connectivity index (χ2n) is 8.38. The molecule has 1 atom stereocenters. The molecule has 0 bridgehead atoms. The zero-order valence-electron chi connectivity index (χ0n) is 18.2. The minimum absolute atomic E-state index is 0.0675. The lowest BCUT2D eigenvalue weighted by Crippen LogP contribution is -2.43. The van der Waals surface area contributed by atoms with Crippen LogP contribution in [-0.4, -0.2) is 73.0 Å². The molecule has 8 nitrogen and oxygen atoms in total. The molecule has 172 valence electrons. The molecule has 0 radical (unpaired) electrons. The molecule has 0 aliphatic carbocycles. The van der Waals surface area contributed by atoms with Crippen LogP contribution in [0, 0.1) is 0 Å². The van der Waals surface area contributed by atoms with E-state index in [4.69, 9.17) is 14.2 Å². The zero-order chi connectivity index (χ0) is 22.1. The first-order valence-electron chi connectivity index (χ1n) is 11.1. The third kappa shape index (κ3) is 4.30. The third-order valence-electron chi connectivity index (χ3n) is 6.39. The van der Waals surface area contributed by atoms with E-state index in [9.17, 15) is 8.42 Å². The molecule has 2 aromatic carbocycles. The van der Waals surface area contributed by atoms with Crippen LogP contribution in [0.25, 0.3) is 0 Å². The van der Waals surface area contributed by atoms with E-state index in [1.54, 1.807) is 12.1 Å². The number of rotatable bonds is 6. The van der Waals surface area contributed by atoms with Crippen molar-refractivity contribution >= 4 is 15.7 Å². The maximum absolute atomic E-state index is 13.1. The molecule has 0 amide bonds. The van der Waals surface area contributed by atoms with Gasteiger partial charge in [0.05, 0.1) is 18.1 Å². The number of fused-ring (bicyclic) bond motifs is 2. The van der Waals surface area contributed by atoms with Gasteiger partial charge in [0, 0.05) is 51.0 Å².